The van der Waals surface area contributed by atoms with E-state index in [0.29, 0.717) is 27.5 Å². The zero-order chi connectivity index (χ0) is 21.5. The zero-order valence-electron chi connectivity index (χ0n) is 16.1. The number of H-pyrrole nitrogens is 1. The van der Waals surface area contributed by atoms with Crippen molar-refractivity contribution in [1.82, 2.24) is 24.3 Å². The molecule has 1 atom stereocenters. The van der Waals surface area contributed by atoms with Crippen LogP contribution in [0.5, 0.6) is 0 Å². The summed E-state index contributed by atoms with van der Waals surface area (Å²) < 4.78 is 2.69. The first-order valence-electron chi connectivity index (χ1n) is 8.75. The molecule has 160 valence electrons. The van der Waals surface area contributed by atoms with Gasteiger partial charge in [0.15, 0.2) is 5.60 Å². The van der Waals surface area contributed by atoms with E-state index in [-0.39, 0.29) is 10.5 Å². The van der Waals surface area contributed by atoms with Crippen molar-refractivity contribution >= 4 is 23.2 Å². The third kappa shape index (κ3) is 3.91. The van der Waals surface area contributed by atoms with Crippen LogP contribution in [-0.2, 0) is 12.6 Å². The number of benzene rings is 2. The molecule has 11 heteroatoms. The number of aromatic amines is 1. The minimum atomic E-state index is -1.64. The number of aromatic nitrogens is 5. The Morgan fingerprint density at radius 3 is 2.35 bits per heavy atom. The number of nitrogens with zero attached hydrogens (tertiary/aromatic N) is 4. The maximum absolute atomic E-state index is 12.0. The van der Waals surface area contributed by atoms with Crippen LogP contribution in [0.3, 0.4) is 0 Å². The van der Waals surface area contributed by atoms with E-state index in [2.05, 4.69) is 15.1 Å². The van der Waals surface area contributed by atoms with E-state index < -0.39 is 16.9 Å². The average Bonchev–Trinajstić information content (AvgIpc) is 3.14. The Kier molecular flexibility index (Phi) is 6.14. The van der Waals surface area contributed by atoms with Crippen molar-refractivity contribution in [3.8, 4) is 5.69 Å². The largest absolute Gasteiger partial charge is 0.412 e. The molecule has 0 radical (unpaired) electrons. The predicted octanol–water partition coefficient (Wildman–Crippen LogP) is 1.42. The molecule has 0 amide bonds. The Morgan fingerprint density at radius 2 is 1.77 bits per heavy atom. The second-order valence-electron chi connectivity index (χ2n) is 6.62. The lowest BCUT2D eigenvalue weighted by Gasteiger charge is -2.30. The first-order chi connectivity index (χ1) is 14.3. The molecular formula is C20H17Cl2N5O4. The Labute approximate surface area is 185 Å². The molecule has 4 rings (SSSR count). The maximum atomic E-state index is 12.0. The van der Waals surface area contributed by atoms with Crippen LogP contribution in [0.4, 0.5) is 0 Å². The number of hydrogen-bond donors (Lipinski definition) is 2. The molecule has 0 aliphatic rings. The number of aliphatic hydroxyl groups is 1. The fraction of sp³-hybridized carbons (Fsp3) is 0.100. The van der Waals surface area contributed by atoms with E-state index >= 15 is 0 Å². The number of nitrogens with one attached hydrogen (secondary N) is 1. The second-order valence-corrected chi connectivity index (χ2v) is 7.47. The topological polar surface area (TPSA) is 137 Å². The van der Waals surface area contributed by atoms with Gasteiger partial charge < -0.3 is 15.1 Å². The summed E-state index contributed by atoms with van der Waals surface area (Å²) in [4.78, 5) is 29.6. The third-order valence-electron chi connectivity index (χ3n) is 4.75. The lowest BCUT2D eigenvalue weighted by molar-refractivity contribution is 0.117. The molecule has 9 nitrogen and oxygen atoms in total. The SMILES string of the molecule is Cn1cncc1C(O)(c1ccc(Cl)cc1)c1ccc(-n2ncc(=O)[nH]c2=O)cc1Cl.O. The van der Waals surface area contributed by atoms with E-state index in [4.69, 9.17) is 23.2 Å². The molecule has 4 N–H and O–H groups in total. The number of halogens is 2. The highest BCUT2D eigenvalue weighted by Gasteiger charge is 2.38. The second kappa shape index (κ2) is 8.48. The van der Waals surface area contributed by atoms with Crippen LogP contribution in [0, 0.1) is 0 Å². The van der Waals surface area contributed by atoms with Gasteiger partial charge in [-0.2, -0.15) is 9.78 Å². The molecular weight excluding hydrogens is 445 g/mol. The van der Waals surface area contributed by atoms with E-state index in [1.807, 2.05) is 0 Å². The molecule has 0 saturated heterocycles. The van der Waals surface area contributed by atoms with Crippen molar-refractivity contribution in [2.24, 2.45) is 7.05 Å². The Balaban J connectivity index is 0.00000272. The average molecular weight is 462 g/mol. The first-order valence-corrected chi connectivity index (χ1v) is 9.50. The van der Waals surface area contributed by atoms with Crippen molar-refractivity contribution in [3.63, 3.8) is 0 Å². The molecule has 0 aliphatic heterocycles. The summed E-state index contributed by atoms with van der Waals surface area (Å²) in [6.45, 7) is 0. The molecule has 31 heavy (non-hydrogen) atoms. The molecule has 0 fully saturated rings. The summed E-state index contributed by atoms with van der Waals surface area (Å²) in [6.07, 6.45) is 4.11. The number of hydrogen-bond acceptors (Lipinski definition) is 5. The van der Waals surface area contributed by atoms with Crippen molar-refractivity contribution in [2.45, 2.75) is 5.60 Å². The summed E-state index contributed by atoms with van der Waals surface area (Å²) in [5.41, 5.74) is -1.24. The minimum absolute atomic E-state index is 0. The molecule has 0 bridgehead atoms. The van der Waals surface area contributed by atoms with Gasteiger partial charge in [-0.05, 0) is 29.8 Å². The van der Waals surface area contributed by atoms with Gasteiger partial charge >= 0.3 is 5.69 Å². The highest BCUT2D eigenvalue weighted by atomic mass is 35.5. The Bertz CT molecular complexity index is 1350. The predicted molar refractivity (Wildman–Crippen MR) is 116 cm³/mol. The molecule has 2 aromatic heterocycles. The van der Waals surface area contributed by atoms with Gasteiger partial charge in [0.2, 0.25) is 0 Å². The van der Waals surface area contributed by atoms with Gasteiger partial charge in [0.25, 0.3) is 5.56 Å². The summed E-state index contributed by atoms with van der Waals surface area (Å²) in [6, 6.07) is 11.4. The lowest BCUT2D eigenvalue weighted by atomic mass is 9.83. The van der Waals surface area contributed by atoms with E-state index in [1.165, 1.54) is 6.07 Å². The fourth-order valence-corrected chi connectivity index (χ4v) is 3.74. The highest BCUT2D eigenvalue weighted by molar-refractivity contribution is 6.31. The standard InChI is InChI=1S/C20H15Cl2N5O3.H2O/c1-26-11-23-9-17(26)20(30,12-2-4-13(21)5-3-12)15-7-6-14(8-16(15)22)27-19(29)25-18(28)10-24-27;/h2-11,30H,1H3,(H,25,28,29);1H2. The van der Waals surface area contributed by atoms with E-state index in [9.17, 15) is 14.7 Å². The van der Waals surface area contributed by atoms with Crippen LogP contribution in [-0.4, -0.2) is 34.9 Å². The first kappa shape index (κ1) is 22.4. The molecule has 0 saturated carbocycles. The number of rotatable bonds is 4. The van der Waals surface area contributed by atoms with Gasteiger partial charge in [-0.15, -0.1) is 0 Å². The summed E-state index contributed by atoms with van der Waals surface area (Å²) in [5.74, 6) is 0. The van der Waals surface area contributed by atoms with Crippen LogP contribution in [0.1, 0.15) is 16.8 Å². The molecule has 4 aromatic rings. The van der Waals surface area contributed by atoms with Crippen LogP contribution < -0.4 is 11.2 Å². The van der Waals surface area contributed by atoms with Crippen LogP contribution in [0.2, 0.25) is 10.0 Å². The normalized spacial score (nSPS) is 12.8. The molecule has 2 heterocycles. The van der Waals surface area contributed by atoms with Gasteiger partial charge in [-0.3, -0.25) is 9.78 Å². The lowest BCUT2D eigenvalue weighted by Crippen LogP contribution is -2.32. The monoisotopic (exact) mass is 461 g/mol. The minimum Gasteiger partial charge on any atom is -0.412 e. The Hall–Kier alpha value is -3.24. The maximum Gasteiger partial charge on any atom is 0.349 e. The van der Waals surface area contributed by atoms with E-state index in [0.717, 1.165) is 10.9 Å². The highest BCUT2D eigenvalue weighted by Crippen LogP contribution is 2.40. The van der Waals surface area contributed by atoms with Gasteiger partial charge in [0, 0.05) is 22.7 Å². The van der Waals surface area contributed by atoms with Crippen molar-refractivity contribution in [3.05, 3.63) is 109 Å². The smallest absolute Gasteiger partial charge is 0.349 e. The van der Waals surface area contributed by atoms with Crippen molar-refractivity contribution < 1.29 is 10.6 Å². The van der Waals surface area contributed by atoms with Crippen molar-refractivity contribution in [1.29, 1.82) is 0 Å². The number of aryl methyl sites for hydroxylation is 1. The molecule has 0 spiro atoms. The third-order valence-corrected chi connectivity index (χ3v) is 5.31. The quantitative estimate of drug-likeness (QED) is 0.473. The van der Waals surface area contributed by atoms with E-state index in [1.54, 1.807) is 60.5 Å². The summed E-state index contributed by atoms with van der Waals surface area (Å²) >= 11 is 12.6. The van der Waals surface area contributed by atoms with Gasteiger partial charge in [0.1, 0.15) is 6.20 Å². The van der Waals surface area contributed by atoms with Crippen LogP contribution in [0.25, 0.3) is 5.69 Å². The molecule has 0 aliphatic carbocycles. The van der Waals surface area contributed by atoms with Gasteiger partial charge in [-0.1, -0.05) is 41.4 Å². The van der Waals surface area contributed by atoms with Gasteiger partial charge in [-0.25, -0.2) is 9.78 Å². The Morgan fingerprint density at radius 1 is 1.06 bits per heavy atom. The summed E-state index contributed by atoms with van der Waals surface area (Å²) in [7, 11) is 1.76. The van der Waals surface area contributed by atoms with Gasteiger partial charge in [0.05, 0.1) is 23.9 Å². The summed E-state index contributed by atoms with van der Waals surface area (Å²) in [5, 5.41) is 16.4. The fourth-order valence-electron chi connectivity index (χ4n) is 3.30. The van der Waals surface area contributed by atoms with Crippen LogP contribution >= 0.6 is 23.2 Å². The number of imidazole rings is 1. The van der Waals surface area contributed by atoms with Crippen LogP contribution in [0.15, 0.2) is 70.8 Å². The zero-order valence-corrected chi connectivity index (χ0v) is 17.6. The van der Waals surface area contributed by atoms with Crippen molar-refractivity contribution in [2.75, 3.05) is 0 Å². The molecule has 1 unspecified atom stereocenters. The molecule has 2 aromatic carbocycles.